The highest BCUT2D eigenvalue weighted by Gasteiger charge is 2.21. The van der Waals surface area contributed by atoms with Crippen LogP contribution in [0, 0.1) is 5.21 Å². The van der Waals surface area contributed by atoms with Crippen LogP contribution < -0.4 is 5.23 Å². The van der Waals surface area contributed by atoms with Gasteiger partial charge in [0.1, 0.15) is 10.8 Å². The highest BCUT2D eigenvalue weighted by Crippen LogP contribution is 2.25. The topological polar surface area (TPSA) is 89.9 Å². The molecule has 0 radical (unpaired) electrons. The number of nitrogens with zero attached hydrogens (tertiary/aromatic N) is 1. The van der Waals surface area contributed by atoms with Crippen molar-refractivity contribution in [2.24, 2.45) is 0 Å². The number of anilines is 1. The maximum atomic E-state index is 12.1. The van der Waals surface area contributed by atoms with Crippen LogP contribution in [0.5, 0.6) is 0 Å². The zero-order chi connectivity index (χ0) is 13.7. The molecule has 1 rings (SSSR count). The van der Waals surface area contributed by atoms with E-state index < -0.39 is 22.0 Å². The predicted octanol–water partition coefficient (Wildman–Crippen LogP) is 1.33. The summed E-state index contributed by atoms with van der Waals surface area (Å²) in [6.45, 7) is 3.24. The summed E-state index contributed by atoms with van der Waals surface area (Å²) < 4.78 is 16.5. The summed E-state index contributed by atoms with van der Waals surface area (Å²) in [5.41, 5.74) is 1.98. The van der Waals surface area contributed by atoms with Gasteiger partial charge in [0.2, 0.25) is 0 Å². The van der Waals surface area contributed by atoms with Gasteiger partial charge >= 0.3 is 5.97 Å². The number of hydrogen-bond donors (Lipinski definition) is 1. The van der Waals surface area contributed by atoms with E-state index in [1.807, 2.05) is 0 Å². The fourth-order valence-corrected chi connectivity index (χ4v) is 2.31. The molecule has 0 amide bonds. The van der Waals surface area contributed by atoms with Gasteiger partial charge in [0, 0.05) is 0 Å². The molecule has 0 aliphatic heterocycles. The lowest BCUT2D eigenvalue weighted by Gasteiger charge is -2.23. The van der Waals surface area contributed by atoms with E-state index in [4.69, 9.17) is 5.21 Å². The van der Waals surface area contributed by atoms with Crippen LogP contribution in [0.15, 0.2) is 46.4 Å². The Balaban J connectivity index is 3.27. The standard InChI is InChI=1S/C11H10NO5S/c1-3-9(11(13)17-2)18(16)10-7-5-4-6-8(10)12(14)15/h4-7,14H,1H2,2H3/q-1. The maximum Gasteiger partial charge on any atom is 0.355 e. The van der Waals surface area contributed by atoms with Gasteiger partial charge in [-0.1, -0.05) is 18.7 Å². The molecule has 0 saturated heterocycles. The van der Waals surface area contributed by atoms with E-state index in [1.54, 1.807) is 0 Å². The third-order valence-corrected chi connectivity index (χ3v) is 3.41. The molecule has 1 atom stereocenters. The molecule has 7 heteroatoms. The molecule has 0 heterocycles. The van der Waals surface area contributed by atoms with E-state index in [0.29, 0.717) is 0 Å². The summed E-state index contributed by atoms with van der Waals surface area (Å²) >= 11 is 0. The molecule has 1 unspecified atom stereocenters. The molecule has 0 fully saturated rings. The molecule has 1 aromatic carbocycles. The molecule has 1 aromatic rings. The Labute approximate surface area is 106 Å². The van der Waals surface area contributed by atoms with Gasteiger partial charge in [-0.05, 0) is 12.1 Å². The van der Waals surface area contributed by atoms with Crippen LogP contribution in [0.3, 0.4) is 0 Å². The van der Waals surface area contributed by atoms with Gasteiger partial charge in [-0.3, -0.25) is 5.21 Å². The number of carbonyl (C=O) groups excluding carboxylic acids is 1. The molecule has 0 spiro atoms. The molecule has 96 valence electrons. The van der Waals surface area contributed by atoms with Crippen molar-refractivity contribution in [3.05, 3.63) is 46.7 Å². The Morgan fingerprint density at radius 1 is 1.56 bits per heavy atom. The van der Waals surface area contributed by atoms with E-state index in [0.717, 1.165) is 7.11 Å². The molecular formula is C11H10NO5S-. The van der Waals surface area contributed by atoms with E-state index >= 15 is 0 Å². The Bertz CT molecular complexity index is 534. The normalized spacial score (nSPS) is 11.3. The number of esters is 1. The van der Waals surface area contributed by atoms with Gasteiger partial charge < -0.3 is 15.2 Å². The number of hydrogen-bond acceptors (Lipinski definition) is 6. The van der Waals surface area contributed by atoms with Crippen molar-refractivity contribution >= 4 is 22.5 Å². The van der Waals surface area contributed by atoms with Crippen LogP contribution in [0.1, 0.15) is 0 Å². The van der Waals surface area contributed by atoms with E-state index in [-0.39, 0.29) is 15.5 Å². The second kappa shape index (κ2) is 6.13. The van der Waals surface area contributed by atoms with Gasteiger partial charge in [0.05, 0.1) is 17.7 Å². The summed E-state index contributed by atoms with van der Waals surface area (Å²) in [6.07, 6.45) is 0. The third-order valence-electron chi connectivity index (χ3n) is 1.99. The minimum atomic E-state index is -2.02. The number of carbonyl (C=O) groups is 1. The lowest BCUT2D eigenvalue weighted by atomic mass is 10.3. The first-order valence-corrected chi connectivity index (χ1v) is 5.83. The summed E-state index contributed by atoms with van der Waals surface area (Å²) in [5.74, 6) is -0.867. The van der Waals surface area contributed by atoms with E-state index in [2.05, 4.69) is 17.0 Å². The number of methoxy groups -OCH3 is 1. The first kappa shape index (κ1) is 14.1. The second-order valence-electron chi connectivity index (χ2n) is 3.01. The van der Waals surface area contributed by atoms with Crippen LogP contribution >= 0.6 is 0 Å². The minimum Gasteiger partial charge on any atom is -0.733 e. The van der Waals surface area contributed by atoms with Crippen molar-refractivity contribution in [1.82, 2.24) is 0 Å². The van der Waals surface area contributed by atoms with Crippen LogP contribution in [0.25, 0.3) is 0 Å². The number of benzene rings is 1. The first-order valence-electron chi connectivity index (χ1n) is 4.68. The van der Waals surface area contributed by atoms with Crippen LogP contribution in [-0.2, 0) is 20.3 Å². The summed E-state index contributed by atoms with van der Waals surface area (Å²) in [6, 6.07) is 5.59. The molecule has 0 aliphatic carbocycles. The van der Waals surface area contributed by atoms with Crippen molar-refractivity contribution in [3.8, 4) is 0 Å². The molecular weight excluding hydrogens is 258 g/mol. The van der Waals surface area contributed by atoms with Gasteiger partial charge in [0.25, 0.3) is 0 Å². The third kappa shape index (κ3) is 2.85. The molecule has 0 aromatic heterocycles. The summed E-state index contributed by atoms with van der Waals surface area (Å²) in [5, 5.41) is 19.4. The van der Waals surface area contributed by atoms with Crippen molar-refractivity contribution < 1.29 is 18.9 Å². The van der Waals surface area contributed by atoms with Gasteiger partial charge in [-0.25, -0.2) is 9.00 Å². The van der Waals surface area contributed by atoms with Gasteiger partial charge in [-0.2, -0.15) is 0 Å². The summed E-state index contributed by atoms with van der Waals surface area (Å²) in [7, 11) is -0.897. The fraction of sp³-hybridized carbons (Fsp3) is 0.0909. The van der Waals surface area contributed by atoms with E-state index in [1.165, 1.54) is 24.3 Å². The minimum absolute atomic E-state index is 0.0356. The Morgan fingerprint density at radius 2 is 2.17 bits per heavy atom. The maximum absolute atomic E-state index is 12.1. The molecule has 6 nitrogen and oxygen atoms in total. The highest BCUT2D eigenvalue weighted by molar-refractivity contribution is 7.90. The van der Waals surface area contributed by atoms with Crippen molar-refractivity contribution in [1.29, 1.82) is 0 Å². The van der Waals surface area contributed by atoms with Gasteiger partial charge in [0.15, 0.2) is 4.91 Å². The average Bonchev–Trinajstić information content (AvgIpc) is 2.39. The highest BCUT2D eigenvalue weighted by atomic mass is 32.2. The fourth-order valence-electron chi connectivity index (χ4n) is 1.19. The van der Waals surface area contributed by atoms with Crippen molar-refractivity contribution in [2.75, 3.05) is 12.3 Å². The first-order chi connectivity index (χ1) is 8.52. The van der Waals surface area contributed by atoms with Gasteiger partial charge in [-0.15, -0.1) is 5.73 Å². The SMILES string of the molecule is C=C=C(C(=O)OC)S(=O)c1ccccc1N([O-])O. The Hall–Kier alpha value is -1.92. The Kier molecular flexibility index (Phi) is 4.82. The van der Waals surface area contributed by atoms with Crippen molar-refractivity contribution in [2.45, 2.75) is 4.90 Å². The molecule has 0 saturated carbocycles. The quantitative estimate of drug-likeness (QED) is 0.383. The van der Waals surface area contributed by atoms with Crippen LogP contribution in [-0.4, -0.2) is 22.5 Å². The number of para-hydroxylation sites is 1. The van der Waals surface area contributed by atoms with Crippen LogP contribution in [0.4, 0.5) is 5.69 Å². The number of ether oxygens (including phenoxy) is 1. The molecule has 1 N–H and O–H groups in total. The molecule has 0 bridgehead atoms. The van der Waals surface area contributed by atoms with E-state index in [9.17, 15) is 14.2 Å². The summed E-state index contributed by atoms with van der Waals surface area (Å²) in [4.78, 5) is 11.0. The zero-order valence-electron chi connectivity index (χ0n) is 9.45. The Morgan fingerprint density at radius 3 is 2.67 bits per heavy atom. The van der Waals surface area contributed by atoms with Crippen molar-refractivity contribution in [3.63, 3.8) is 0 Å². The molecule has 0 aliphatic rings. The lowest BCUT2D eigenvalue weighted by molar-refractivity contribution is -0.135. The smallest absolute Gasteiger partial charge is 0.355 e. The predicted molar refractivity (Wildman–Crippen MR) is 65.2 cm³/mol. The average molecular weight is 268 g/mol. The monoisotopic (exact) mass is 268 g/mol. The zero-order valence-corrected chi connectivity index (χ0v) is 10.3. The van der Waals surface area contributed by atoms with Crippen LogP contribution in [0.2, 0.25) is 0 Å². The molecule has 18 heavy (non-hydrogen) atoms. The lowest BCUT2D eigenvalue weighted by Crippen LogP contribution is -2.14. The second-order valence-corrected chi connectivity index (χ2v) is 4.39. The number of rotatable bonds is 4. The largest absolute Gasteiger partial charge is 0.733 e.